The van der Waals surface area contributed by atoms with Crippen LogP contribution in [-0.2, 0) is 4.79 Å². The van der Waals surface area contributed by atoms with Gasteiger partial charge in [-0.3, -0.25) is 9.59 Å². The SMILES string of the molecule is CNC(=O)C(F)CNC(=O)c1cnc(Cl)cc1NC1CC1. The number of carbonyl (C=O) groups excluding carboxylic acids is 2. The molecule has 8 heteroatoms. The van der Waals surface area contributed by atoms with Gasteiger partial charge < -0.3 is 16.0 Å². The van der Waals surface area contributed by atoms with Crippen LogP contribution in [0, 0.1) is 0 Å². The Balaban J connectivity index is 2.02. The number of nitrogens with one attached hydrogen (secondary N) is 3. The molecule has 0 aromatic carbocycles. The van der Waals surface area contributed by atoms with Gasteiger partial charge in [0.2, 0.25) is 0 Å². The number of hydrogen-bond donors (Lipinski definition) is 3. The monoisotopic (exact) mass is 314 g/mol. The second kappa shape index (κ2) is 6.71. The lowest BCUT2D eigenvalue weighted by atomic mass is 10.2. The lowest BCUT2D eigenvalue weighted by Crippen LogP contribution is -2.39. The molecule has 1 aliphatic rings. The molecule has 6 nitrogen and oxygen atoms in total. The molecule has 1 unspecified atom stereocenters. The summed E-state index contributed by atoms with van der Waals surface area (Å²) in [4.78, 5) is 27.0. The van der Waals surface area contributed by atoms with Crippen LogP contribution in [0.1, 0.15) is 23.2 Å². The van der Waals surface area contributed by atoms with Gasteiger partial charge in [0.15, 0.2) is 6.17 Å². The Morgan fingerprint density at radius 2 is 2.24 bits per heavy atom. The van der Waals surface area contributed by atoms with E-state index >= 15 is 0 Å². The summed E-state index contributed by atoms with van der Waals surface area (Å²) in [5, 5.41) is 7.98. The van der Waals surface area contributed by atoms with Crippen LogP contribution in [0.2, 0.25) is 5.15 Å². The van der Waals surface area contributed by atoms with Crippen LogP contribution >= 0.6 is 11.6 Å². The lowest BCUT2D eigenvalue weighted by Gasteiger charge is -2.12. The first kappa shape index (κ1) is 15.5. The number of carbonyl (C=O) groups is 2. The first-order valence-electron chi connectivity index (χ1n) is 6.57. The molecule has 2 amide bonds. The molecule has 1 aliphatic carbocycles. The number of hydrogen-bond acceptors (Lipinski definition) is 4. The number of amides is 2. The smallest absolute Gasteiger partial charge is 0.256 e. The van der Waals surface area contributed by atoms with Crippen LogP contribution in [0.4, 0.5) is 10.1 Å². The van der Waals surface area contributed by atoms with Gasteiger partial charge in [0, 0.05) is 19.3 Å². The Hall–Kier alpha value is -1.89. The maximum Gasteiger partial charge on any atom is 0.256 e. The Morgan fingerprint density at radius 3 is 2.86 bits per heavy atom. The van der Waals surface area contributed by atoms with Crippen molar-refractivity contribution in [2.75, 3.05) is 18.9 Å². The average molecular weight is 315 g/mol. The maximum absolute atomic E-state index is 13.4. The number of aromatic nitrogens is 1. The minimum absolute atomic E-state index is 0.267. The molecule has 0 radical (unpaired) electrons. The summed E-state index contributed by atoms with van der Waals surface area (Å²) >= 11 is 5.82. The highest BCUT2D eigenvalue weighted by atomic mass is 35.5. The minimum Gasteiger partial charge on any atom is -0.382 e. The molecule has 0 aliphatic heterocycles. The highest BCUT2D eigenvalue weighted by molar-refractivity contribution is 6.29. The summed E-state index contributed by atoms with van der Waals surface area (Å²) in [6, 6.07) is 1.88. The van der Waals surface area contributed by atoms with Crippen molar-refractivity contribution in [3.05, 3.63) is 23.0 Å². The lowest BCUT2D eigenvalue weighted by molar-refractivity contribution is -0.125. The van der Waals surface area contributed by atoms with Gasteiger partial charge in [0.1, 0.15) is 5.15 Å². The van der Waals surface area contributed by atoms with E-state index in [0.717, 1.165) is 12.8 Å². The van der Waals surface area contributed by atoms with Gasteiger partial charge in [0.05, 0.1) is 17.8 Å². The fourth-order valence-electron chi connectivity index (χ4n) is 1.70. The van der Waals surface area contributed by atoms with Crippen molar-refractivity contribution in [2.24, 2.45) is 0 Å². The summed E-state index contributed by atoms with van der Waals surface area (Å²) < 4.78 is 13.4. The van der Waals surface area contributed by atoms with Gasteiger partial charge in [-0.15, -0.1) is 0 Å². The molecule has 114 valence electrons. The molecule has 1 aromatic rings. The second-order valence-corrected chi connectivity index (χ2v) is 5.15. The van der Waals surface area contributed by atoms with Gasteiger partial charge in [0.25, 0.3) is 11.8 Å². The van der Waals surface area contributed by atoms with E-state index in [0.29, 0.717) is 11.7 Å². The number of nitrogens with zero attached hydrogens (tertiary/aromatic N) is 1. The highest BCUT2D eigenvalue weighted by Crippen LogP contribution is 2.27. The van der Waals surface area contributed by atoms with Crippen molar-refractivity contribution < 1.29 is 14.0 Å². The Labute approximate surface area is 126 Å². The third kappa shape index (κ3) is 4.29. The van der Waals surface area contributed by atoms with Crippen molar-refractivity contribution in [3.8, 4) is 0 Å². The number of alkyl halides is 1. The molecule has 1 atom stereocenters. The van der Waals surface area contributed by atoms with E-state index in [9.17, 15) is 14.0 Å². The predicted molar refractivity (Wildman–Crippen MR) is 77.2 cm³/mol. The first-order chi connectivity index (χ1) is 10.0. The van der Waals surface area contributed by atoms with E-state index in [2.05, 4.69) is 20.9 Å². The number of anilines is 1. The minimum atomic E-state index is -1.79. The summed E-state index contributed by atoms with van der Waals surface area (Å²) in [6.07, 6.45) is 1.60. The maximum atomic E-state index is 13.4. The van der Waals surface area contributed by atoms with E-state index < -0.39 is 24.5 Å². The summed E-state index contributed by atoms with van der Waals surface area (Å²) in [5.74, 6) is -1.28. The number of halogens is 2. The van der Waals surface area contributed by atoms with Crippen LogP contribution in [0.15, 0.2) is 12.3 Å². The molecule has 0 spiro atoms. The van der Waals surface area contributed by atoms with Crippen LogP contribution in [0.5, 0.6) is 0 Å². The Kier molecular flexibility index (Phi) is 4.95. The third-order valence-electron chi connectivity index (χ3n) is 3.02. The summed E-state index contributed by atoms with van der Waals surface area (Å²) in [6.45, 7) is -0.399. The molecule has 21 heavy (non-hydrogen) atoms. The second-order valence-electron chi connectivity index (χ2n) is 4.76. The van der Waals surface area contributed by atoms with Crippen molar-refractivity contribution in [1.82, 2.24) is 15.6 Å². The van der Waals surface area contributed by atoms with Crippen molar-refractivity contribution >= 4 is 29.1 Å². The third-order valence-corrected chi connectivity index (χ3v) is 3.23. The fourth-order valence-corrected chi connectivity index (χ4v) is 1.86. The van der Waals surface area contributed by atoms with Crippen molar-refractivity contribution in [3.63, 3.8) is 0 Å². The highest BCUT2D eigenvalue weighted by Gasteiger charge is 2.24. The molecule has 2 rings (SSSR count). The van der Waals surface area contributed by atoms with Crippen LogP contribution in [0.3, 0.4) is 0 Å². The zero-order chi connectivity index (χ0) is 15.4. The number of pyridine rings is 1. The van der Waals surface area contributed by atoms with Gasteiger partial charge in [-0.25, -0.2) is 9.37 Å². The van der Waals surface area contributed by atoms with Crippen molar-refractivity contribution in [2.45, 2.75) is 25.1 Å². The van der Waals surface area contributed by atoms with E-state index in [4.69, 9.17) is 11.6 Å². The van der Waals surface area contributed by atoms with E-state index in [1.165, 1.54) is 13.2 Å². The van der Waals surface area contributed by atoms with E-state index in [1.54, 1.807) is 6.07 Å². The topological polar surface area (TPSA) is 83.1 Å². The van der Waals surface area contributed by atoms with Crippen LogP contribution in [-0.4, -0.2) is 42.6 Å². The normalized spacial score (nSPS) is 15.2. The number of rotatable bonds is 6. The van der Waals surface area contributed by atoms with E-state index in [-0.39, 0.29) is 10.7 Å². The molecule has 1 saturated carbocycles. The average Bonchev–Trinajstić information content (AvgIpc) is 3.27. The molecule has 0 saturated heterocycles. The molecule has 1 fully saturated rings. The van der Waals surface area contributed by atoms with Crippen molar-refractivity contribution in [1.29, 1.82) is 0 Å². The van der Waals surface area contributed by atoms with Crippen LogP contribution in [0.25, 0.3) is 0 Å². The summed E-state index contributed by atoms with van der Waals surface area (Å²) in [7, 11) is 1.33. The Morgan fingerprint density at radius 1 is 1.52 bits per heavy atom. The zero-order valence-electron chi connectivity index (χ0n) is 11.5. The molecular weight excluding hydrogens is 299 g/mol. The molecule has 1 heterocycles. The fraction of sp³-hybridized carbons (Fsp3) is 0.462. The van der Waals surface area contributed by atoms with Gasteiger partial charge in [-0.05, 0) is 18.9 Å². The standard InChI is InChI=1S/C13H16ClFN4O2/c1-16-13(21)9(15)6-18-12(20)8-5-17-11(14)4-10(8)19-7-2-3-7/h4-5,7,9H,2-3,6H2,1H3,(H,16,21)(H,17,19)(H,18,20). The van der Waals surface area contributed by atoms with E-state index in [1.807, 2.05) is 0 Å². The molecular formula is C13H16ClFN4O2. The Bertz CT molecular complexity index is 551. The van der Waals surface area contributed by atoms with Gasteiger partial charge in [-0.1, -0.05) is 11.6 Å². The molecule has 1 aromatic heterocycles. The van der Waals surface area contributed by atoms with Gasteiger partial charge >= 0.3 is 0 Å². The largest absolute Gasteiger partial charge is 0.382 e. The summed E-state index contributed by atoms with van der Waals surface area (Å²) in [5.41, 5.74) is 0.834. The molecule has 0 bridgehead atoms. The zero-order valence-corrected chi connectivity index (χ0v) is 12.2. The predicted octanol–water partition coefficient (Wildman–Crippen LogP) is 1.12. The quantitative estimate of drug-likeness (QED) is 0.687. The van der Waals surface area contributed by atoms with Gasteiger partial charge in [-0.2, -0.15) is 0 Å². The van der Waals surface area contributed by atoms with Crippen LogP contribution < -0.4 is 16.0 Å². The molecule has 3 N–H and O–H groups in total. The first-order valence-corrected chi connectivity index (χ1v) is 6.95.